The topological polar surface area (TPSA) is 21.3 Å². The summed E-state index contributed by atoms with van der Waals surface area (Å²) < 4.78 is 5.19. The van der Waals surface area contributed by atoms with Gasteiger partial charge in [0.15, 0.2) is 0 Å². The summed E-state index contributed by atoms with van der Waals surface area (Å²) in [7, 11) is 1.76. The molecule has 13 heavy (non-hydrogen) atoms. The lowest BCUT2D eigenvalue weighted by Crippen LogP contribution is -2.34. The predicted molar refractivity (Wildman–Crippen MR) is 58.1 cm³/mol. The molecule has 0 aromatic carbocycles. The van der Waals surface area contributed by atoms with Gasteiger partial charge in [0.25, 0.3) is 0 Å². The van der Waals surface area contributed by atoms with Gasteiger partial charge in [0.1, 0.15) is 0 Å². The number of ether oxygens (including phenoxy) is 1. The molecule has 0 aliphatic heterocycles. The molecule has 0 aliphatic rings. The van der Waals surface area contributed by atoms with Gasteiger partial charge in [0.2, 0.25) is 0 Å². The summed E-state index contributed by atoms with van der Waals surface area (Å²) in [4.78, 5) is 0. The number of hydrogen-bond donors (Lipinski definition) is 1. The Labute approximate surface area is 83.1 Å². The van der Waals surface area contributed by atoms with Crippen molar-refractivity contribution in [1.82, 2.24) is 5.32 Å². The van der Waals surface area contributed by atoms with Crippen molar-refractivity contribution in [2.75, 3.05) is 13.7 Å². The van der Waals surface area contributed by atoms with E-state index in [0.29, 0.717) is 12.1 Å². The molecule has 0 spiro atoms. The van der Waals surface area contributed by atoms with Crippen LogP contribution in [-0.4, -0.2) is 25.8 Å². The lowest BCUT2D eigenvalue weighted by Gasteiger charge is -2.19. The van der Waals surface area contributed by atoms with Crippen LogP contribution in [0.5, 0.6) is 0 Å². The minimum Gasteiger partial charge on any atom is -0.380 e. The third kappa shape index (κ3) is 7.03. The fourth-order valence-electron chi connectivity index (χ4n) is 1.32. The summed E-state index contributed by atoms with van der Waals surface area (Å²) in [5, 5.41) is 3.53. The van der Waals surface area contributed by atoms with Gasteiger partial charge in [-0.15, -0.1) is 0 Å². The van der Waals surface area contributed by atoms with E-state index in [0.717, 1.165) is 6.54 Å². The summed E-state index contributed by atoms with van der Waals surface area (Å²) in [5.74, 6) is 0. The van der Waals surface area contributed by atoms with E-state index >= 15 is 0 Å². The Morgan fingerprint density at radius 3 is 2.46 bits per heavy atom. The lowest BCUT2D eigenvalue weighted by atomic mass is 10.1. The fourth-order valence-corrected chi connectivity index (χ4v) is 1.32. The molecular formula is C11H25NO. The Hall–Kier alpha value is -0.0800. The van der Waals surface area contributed by atoms with E-state index in [1.54, 1.807) is 7.11 Å². The zero-order valence-electron chi connectivity index (χ0n) is 9.60. The Bertz CT molecular complexity index is 106. The second-order valence-electron chi connectivity index (χ2n) is 3.70. The lowest BCUT2D eigenvalue weighted by molar-refractivity contribution is 0.113. The minimum absolute atomic E-state index is 0.329. The highest BCUT2D eigenvalue weighted by Crippen LogP contribution is 2.04. The van der Waals surface area contributed by atoms with E-state index in [1.165, 1.54) is 25.7 Å². The smallest absolute Gasteiger partial charge is 0.0667 e. The maximum atomic E-state index is 5.19. The van der Waals surface area contributed by atoms with E-state index in [1.807, 2.05) is 0 Å². The molecule has 2 nitrogen and oxygen atoms in total. The molecule has 2 unspecified atom stereocenters. The van der Waals surface area contributed by atoms with Gasteiger partial charge in [-0.3, -0.25) is 0 Å². The Kier molecular flexibility index (Phi) is 8.46. The molecule has 0 aromatic heterocycles. The maximum absolute atomic E-state index is 5.19. The fraction of sp³-hybridized carbons (Fsp3) is 1.00. The molecule has 80 valence electrons. The molecule has 0 radical (unpaired) electrons. The summed E-state index contributed by atoms with van der Waals surface area (Å²) in [6.45, 7) is 7.55. The molecule has 0 saturated heterocycles. The van der Waals surface area contributed by atoms with Crippen LogP contribution in [0.1, 0.15) is 46.5 Å². The highest BCUT2D eigenvalue weighted by molar-refractivity contribution is 4.66. The van der Waals surface area contributed by atoms with Gasteiger partial charge in [0, 0.05) is 19.7 Å². The molecule has 0 fully saturated rings. The van der Waals surface area contributed by atoms with Gasteiger partial charge in [-0.1, -0.05) is 26.7 Å². The molecule has 0 bridgehead atoms. The zero-order chi connectivity index (χ0) is 10.1. The molecule has 0 aliphatic carbocycles. The summed E-state index contributed by atoms with van der Waals surface area (Å²) in [6.07, 6.45) is 5.46. The Morgan fingerprint density at radius 1 is 1.31 bits per heavy atom. The SMILES string of the molecule is CCCCC(CC)NCC(C)OC. The Balaban J connectivity index is 3.46. The van der Waals surface area contributed by atoms with E-state index < -0.39 is 0 Å². The van der Waals surface area contributed by atoms with Gasteiger partial charge in [0.05, 0.1) is 6.10 Å². The average Bonchev–Trinajstić information content (AvgIpc) is 2.17. The van der Waals surface area contributed by atoms with Gasteiger partial charge < -0.3 is 10.1 Å². The molecule has 2 heteroatoms. The summed E-state index contributed by atoms with van der Waals surface area (Å²) in [6, 6.07) is 0.678. The van der Waals surface area contributed by atoms with Crippen LogP contribution in [0, 0.1) is 0 Å². The molecule has 1 N–H and O–H groups in total. The minimum atomic E-state index is 0.329. The van der Waals surface area contributed by atoms with Gasteiger partial charge in [-0.2, -0.15) is 0 Å². The predicted octanol–water partition coefficient (Wildman–Crippen LogP) is 2.58. The first kappa shape index (κ1) is 12.9. The normalized spacial score (nSPS) is 15.7. The standard InChI is InChI=1S/C11H25NO/c1-5-7-8-11(6-2)12-9-10(3)13-4/h10-12H,5-9H2,1-4H3. The second kappa shape index (κ2) is 8.52. The number of rotatable bonds is 8. The number of methoxy groups -OCH3 is 1. The monoisotopic (exact) mass is 187 g/mol. The first-order chi connectivity index (χ1) is 6.24. The highest BCUT2D eigenvalue weighted by atomic mass is 16.5. The van der Waals surface area contributed by atoms with Crippen LogP contribution < -0.4 is 5.32 Å². The van der Waals surface area contributed by atoms with Gasteiger partial charge in [-0.05, 0) is 19.8 Å². The largest absolute Gasteiger partial charge is 0.380 e. The van der Waals surface area contributed by atoms with Gasteiger partial charge >= 0.3 is 0 Å². The molecule has 2 atom stereocenters. The van der Waals surface area contributed by atoms with E-state index in [9.17, 15) is 0 Å². The summed E-state index contributed by atoms with van der Waals surface area (Å²) in [5.41, 5.74) is 0. The zero-order valence-corrected chi connectivity index (χ0v) is 9.60. The molecular weight excluding hydrogens is 162 g/mol. The van der Waals surface area contributed by atoms with Crippen molar-refractivity contribution >= 4 is 0 Å². The van der Waals surface area contributed by atoms with Crippen molar-refractivity contribution < 1.29 is 4.74 Å². The Morgan fingerprint density at radius 2 is 2.00 bits per heavy atom. The second-order valence-corrected chi connectivity index (χ2v) is 3.70. The quantitative estimate of drug-likeness (QED) is 0.630. The third-order valence-corrected chi connectivity index (χ3v) is 2.50. The number of hydrogen-bond acceptors (Lipinski definition) is 2. The summed E-state index contributed by atoms with van der Waals surface area (Å²) >= 11 is 0. The van der Waals surface area contributed by atoms with Crippen LogP contribution >= 0.6 is 0 Å². The molecule has 0 aromatic rings. The van der Waals surface area contributed by atoms with E-state index in [2.05, 4.69) is 26.1 Å². The molecule has 0 rings (SSSR count). The van der Waals surface area contributed by atoms with Crippen molar-refractivity contribution in [1.29, 1.82) is 0 Å². The first-order valence-electron chi connectivity index (χ1n) is 5.50. The number of nitrogens with one attached hydrogen (secondary N) is 1. The first-order valence-corrected chi connectivity index (χ1v) is 5.50. The van der Waals surface area contributed by atoms with Crippen molar-refractivity contribution in [2.24, 2.45) is 0 Å². The van der Waals surface area contributed by atoms with Gasteiger partial charge in [-0.25, -0.2) is 0 Å². The van der Waals surface area contributed by atoms with Crippen LogP contribution in [-0.2, 0) is 4.74 Å². The maximum Gasteiger partial charge on any atom is 0.0667 e. The van der Waals surface area contributed by atoms with E-state index in [-0.39, 0.29) is 0 Å². The van der Waals surface area contributed by atoms with Crippen molar-refractivity contribution in [3.05, 3.63) is 0 Å². The van der Waals surface area contributed by atoms with Crippen LogP contribution in [0.15, 0.2) is 0 Å². The average molecular weight is 187 g/mol. The van der Waals surface area contributed by atoms with E-state index in [4.69, 9.17) is 4.74 Å². The molecule has 0 amide bonds. The van der Waals surface area contributed by atoms with Crippen LogP contribution in [0.2, 0.25) is 0 Å². The van der Waals surface area contributed by atoms with Crippen LogP contribution in [0.4, 0.5) is 0 Å². The van der Waals surface area contributed by atoms with Crippen LogP contribution in [0.25, 0.3) is 0 Å². The third-order valence-electron chi connectivity index (χ3n) is 2.50. The molecule has 0 saturated carbocycles. The highest BCUT2D eigenvalue weighted by Gasteiger charge is 2.06. The van der Waals surface area contributed by atoms with Crippen molar-refractivity contribution in [3.8, 4) is 0 Å². The van der Waals surface area contributed by atoms with Crippen molar-refractivity contribution in [2.45, 2.75) is 58.6 Å². The number of unbranched alkanes of at least 4 members (excludes halogenated alkanes) is 1. The molecule has 0 heterocycles. The van der Waals surface area contributed by atoms with Crippen LogP contribution in [0.3, 0.4) is 0 Å². The van der Waals surface area contributed by atoms with Crippen molar-refractivity contribution in [3.63, 3.8) is 0 Å².